The van der Waals surface area contributed by atoms with E-state index in [1.165, 1.54) is 26.5 Å². The number of rotatable bonds is 25. The molecule has 20 heteroatoms. The van der Waals surface area contributed by atoms with Crippen molar-refractivity contribution in [3.63, 3.8) is 0 Å². The number of carbonyl (C=O) groups is 9. The lowest BCUT2D eigenvalue weighted by Gasteiger charge is -2.35. The summed E-state index contributed by atoms with van der Waals surface area (Å²) >= 11 is 0. The molecule has 5 amide bonds. The molecule has 19 nitrogen and oxygen atoms in total. The molecule has 0 bridgehead atoms. The lowest BCUT2D eigenvalue weighted by Crippen LogP contribution is -2.44. The summed E-state index contributed by atoms with van der Waals surface area (Å²) in [5.74, 6) is -5.22. The number of Topliss-reactive ketones (excluding diaryl/α,β-unsaturated/α-hetero) is 3. The highest BCUT2D eigenvalue weighted by molar-refractivity contribution is 6.15. The average molecular weight is 1060 g/mol. The van der Waals surface area contributed by atoms with Crippen molar-refractivity contribution in [1.29, 1.82) is 0 Å². The molecule has 3 aliphatic heterocycles. The van der Waals surface area contributed by atoms with Crippen molar-refractivity contribution in [2.24, 2.45) is 5.92 Å². The molecule has 0 unspecified atom stereocenters. The topological polar surface area (TPSA) is 258 Å². The van der Waals surface area contributed by atoms with Crippen LogP contribution >= 0.6 is 0 Å². The number of aryl methyl sites for hydroxylation is 1. The van der Waals surface area contributed by atoms with Gasteiger partial charge in [0.15, 0.2) is 17.2 Å². The smallest absolute Gasteiger partial charge is 0.343 e. The second-order valence-electron chi connectivity index (χ2n) is 20.3. The number of nitrogens with one attached hydrogen (secondary N) is 2. The van der Waals surface area contributed by atoms with Crippen LogP contribution in [0.4, 0.5) is 4.39 Å². The Morgan fingerprint density at radius 1 is 0.922 bits per heavy atom. The van der Waals surface area contributed by atoms with Crippen molar-refractivity contribution in [3.05, 3.63) is 109 Å². The molecule has 3 N–H and O–H groups in total. The van der Waals surface area contributed by atoms with Gasteiger partial charge in [0.1, 0.15) is 24.8 Å². The fourth-order valence-corrected chi connectivity index (χ4v) is 10.7. The number of imide groups is 1. The van der Waals surface area contributed by atoms with Crippen molar-refractivity contribution in [1.82, 2.24) is 30.0 Å². The highest BCUT2D eigenvalue weighted by Gasteiger charge is 2.46. The van der Waals surface area contributed by atoms with Gasteiger partial charge in [-0.15, -0.1) is 0 Å². The number of hydrogen-bond acceptors (Lipinski definition) is 14. The Labute approximate surface area is 443 Å². The van der Waals surface area contributed by atoms with Crippen molar-refractivity contribution in [2.75, 3.05) is 39.9 Å². The number of cyclic esters (lactones) is 1. The molecule has 8 rings (SSSR count). The number of carbonyl (C=O) groups excluding carboxylic acids is 9. The van der Waals surface area contributed by atoms with Gasteiger partial charge in [-0.3, -0.25) is 48.1 Å². The van der Waals surface area contributed by atoms with Crippen molar-refractivity contribution < 1.29 is 62.1 Å². The van der Waals surface area contributed by atoms with Crippen LogP contribution in [0.2, 0.25) is 0 Å². The first kappa shape index (κ1) is 55.6. The summed E-state index contributed by atoms with van der Waals surface area (Å²) in [6, 6.07) is 11.4. The Kier molecular flexibility index (Phi) is 17.2. The Morgan fingerprint density at radius 2 is 1.68 bits per heavy atom. The standard InChI is InChI=1S/C57H63FN6O13/c1-5-57(75)42-25-46-52-40(29-64(46)55(73)41(42)30-77-56(57)74)51-45(17-16-39-33(3)43(58)26-44(61-52)50(39)51)62(4)49(70)31-76-21-19-37(66)27-60-53(71)35(23-34-12-8-6-9-13-34)24-38(67)28-59-47(68)18-15-36(65)14-10-7-11-20-63-48(69)22-32(2)54(63)72/h6,8-9,12-13,22,25-26,35,45,75H,5,7,10-11,14-21,23-24,27-31H2,1-4H3,(H,59,68)(H,60,71)/t35-,45+,57+/m1/s1. The molecule has 77 heavy (non-hydrogen) atoms. The van der Waals surface area contributed by atoms with Crippen LogP contribution in [0.3, 0.4) is 0 Å². The first-order valence-corrected chi connectivity index (χ1v) is 26.1. The number of amides is 5. The highest BCUT2D eigenvalue weighted by atomic mass is 19.1. The first-order chi connectivity index (χ1) is 36.8. The third kappa shape index (κ3) is 11.9. The number of pyridine rings is 2. The summed E-state index contributed by atoms with van der Waals surface area (Å²) < 4.78 is 27.9. The van der Waals surface area contributed by atoms with E-state index in [0.717, 1.165) is 11.1 Å². The van der Waals surface area contributed by atoms with Gasteiger partial charge in [-0.1, -0.05) is 43.7 Å². The van der Waals surface area contributed by atoms with Gasteiger partial charge in [-0.2, -0.15) is 0 Å². The third-order valence-electron chi connectivity index (χ3n) is 15.2. The molecule has 0 radical (unpaired) electrons. The maximum absolute atomic E-state index is 15.5. The number of unbranched alkanes of at least 4 members (excludes halogenated alkanes) is 2. The molecule has 0 spiro atoms. The number of ketones is 3. The van der Waals surface area contributed by atoms with Gasteiger partial charge in [0.2, 0.25) is 17.7 Å². The molecular formula is C57H63FN6O13. The van der Waals surface area contributed by atoms with E-state index in [-0.39, 0.29) is 119 Å². The quantitative estimate of drug-likeness (QED) is 0.0420. The van der Waals surface area contributed by atoms with Gasteiger partial charge >= 0.3 is 5.97 Å². The molecule has 2 aromatic heterocycles. The van der Waals surface area contributed by atoms with E-state index in [0.29, 0.717) is 76.7 Å². The minimum Gasteiger partial charge on any atom is -0.458 e. The largest absolute Gasteiger partial charge is 0.458 e. The Hall–Kier alpha value is -7.58. The molecule has 3 atom stereocenters. The van der Waals surface area contributed by atoms with Crippen LogP contribution in [0.15, 0.2) is 58.9 Å². The minimum absolute atomic E-state index is 0.0201. The summed E-state index contributed by atoms with van der Waals surface area (Å²) in [7, 11) is 1.63. The fraction of sp³-hybridized carbons (Fsp3) is 0.456. The van der Waals surface area contributed by atoms with Crippen LogP contribution in [-0.2, 0) is 84.2 Å². The normalized spacial score (nSPS) is 17.5. The first-order valence-electron chi connectivity index (χ1n) is 26.1. The predicted molar refractivity (Wildman–Crippen MR) is 276 cm³/mol. The van der Waals surface area contributed by atoms with Gasteiger partial charge in [0.25, 0.3) is 17.4 Å². The van der Waals surface area contributed by atoms with E-state index in [2.05, 4.69) is 10.6 Å². The number of hydrogen-bond donors (Lipinski definition) is 3. The van der Waals surface area contributed by atoms with Gasteiger partial charge < -0.3 is 34.7 Å². The summed E-state index contributed by atoms with van der Waals surface area (Å²) in [5, 5.41) is 17.2. The molecule has 2 aromatic carbocycles. The van der Waals surface area contributed by atoms with E-state index in [1.54, 1.807) is 58.2 Å². The second-order valence-corrected chi connectivity index (χ2v) is 20.3. The van der Waals surface area contributed by atoms with Crippen molar-refractivity contribution in [2.45, 2.75) is 123 Å². The lowest BCUT2D eigenvalue weighted by molar-refractivity contribution is -0.172. The molecule has 4 aromatic rings. The number of halogens is 1. The number of likely N-dealkylation sites (N-methyl/N-ethyl adjacent to an activating group) is 1. The lowest BCUT2D eigenvalue weighted by atomic mass is 9.81. The zero-order valence-electron chi connectivity index (χ0n) is 43.7. The maximum atomic E-state index is 15.5. The number of ether oxygens (including phenoxy) is 2. The molecule has 406 valence electrons. The van der Waals surface area contributed by atoms with E-state index < -0.39 is 65.0 Å². The SMILES string of the molecule is CC[C@@]1(O)C(=O)OCc2c1cc1n(c2=O)Cc2c-1nc1cc(F)c(C)c3c1c2[C@@H](N(C)C(=O)COCCC(=O)CNC(=O)[C@@H](CC(=O)CNC(=O)CCC(=O)CCCCCN1C(=O)C=C(C)C1=O)Cc1ccccc1)CC3. The predicted octanol–water partition coefficient (Wildman–Crippen LogP) is 4.22. The maximum Gasteiger partial charge on any atom is 0.343 e. The Balaban J connectivity index is 0.813. The minimum atomic E-state index is -2.05. The second kappa shape index (κ2) is 23.8. The summed E-state index contributed by atoms with van der Waals surface area (Å²) in [6.45, 7) is 3.67. The fourth-order valence-electron chi connectivity index (χ4n) is 10.7. The molecule has 0 saturated carbocycles. The van der Waals surface area contributed by atoms with Crippen LogP contribution in [0.25, 0.3) is 22.3 Å². The Bertz CT molecular complexity index is 3190. The number of esters is 1. The van der Waals surface area contributed by atoms with E-state index >= 15 is 4.39 Å². The molecule has 4 aliphatic rings. The van der Waals surface area contributed by atoms with E-state index in [4.69, 9.17) is 14.5 Å². The summed E-state index contributed by atoms with van der Waals surface area (Å²) in [4.78, 5) is 137. The number of fused-ring (bicyclic) bond motifs is 5. The third-order valence-corrected chi connectivity index (χ3v) is 15.2. The van der Waals surface area contributed by atoms with Crippen LogP contribution in [0, 0.1) is 18.7 Å². The number of aromatic nitrogens is 2. The van der Waals surface area contributed by atoms with Crippen LogP contribution in [-0.4, -0.2) is 117 Å². The zero-order chi connectivity index (χ0) is 55.3. The van der Waals surface area contributed by atoms with Crippen molar-refractivity contribution >= 4 is 63.8 Å². The van der Waals surface area contributed by atoms with E-state index in [9.17, 15) is 53.1 Å². The van der Waals surface area contributed by atoms with Crippen LogP contribution in [0.1, 0.15) is 123 Å². The average Bonchev–Trinajstić information content (AvgIpc) is 4.13. The van der Waals surface area contributed by atoms with Gasteiger partial charge in [-0.25, -0.2) is 14.2 Å². The van der Waals surface area contributed by atoms with Crippen LogP contribution < -0.4 is 16.2 Å². The number of nitrogens with zero attached hydrogens (tertiary/aromatic N) is 4. The molecule has 0 fully saturated rings. The molecule has 5 heterocycles. The number of benzene rings is 2. The van der Waals surface area contributed by atoms with Gasteiger partial charge in [0, 0.05) is 85.8 Å². The number of aliphatic hydroxyl groups is 1. The zero-order valence-corrected chi connectivity index (χ0v) is 43.7. The molecular weight excluding hydrogens is 996 g/mol. The van der Waals surface area contributed by atoms with Gasteiger partial charge in [0.05, 0.1) is 54.8 Å². The highest BCUT2D eigenvalue weighted by Crippen LogP contribution is 2.47. The van der Waals surface area contributed by atoms with Gasteiger partial charge in [-0.05, 0) is 80.7 Å². The molecule has 1 aliphatic carbocycles. The monoisotopic (exact) mass is 1060 g/mol. The molecule has 0 saturated heterocycles. The Morgan fingerprint density at radius 3 is 2.40 bits per heavy atom. The van der Waals surface area contributed by atoms with Crippen molar-refractivity contribution in [3.8, 4) is 11.4 Å². The van der Waals surface area contributed by atoms with E-state index in [1.807, 2.05) is 6.07 Å². The van der Waals surface area contributed by atoms with Crippen LogP contribution in [0.5, 0.6) is 0 Å². The summed E-state index contributed by atoms with van der Waals surface area (Å²) in [5.41, 5.74) is 2.59. The summed E-state index contributed by atoms with van der Waals surface area (Å²) in [6.07, 6.45) is 3.72.